The third kappa shape index (κ3) is 3.14. The summed E-state index contributed by atoms with van der Waals surface area (Å²) in [5, 5.41) is 1.98. The SMILES string of the molecule is COc1cc2c(cc1OC)[C@@H](c1cccs1)N(C(=O)c1ccccc1F)CC2. The van der Waals surface area contributed by atoms with Crippen molar-refractivity contribution in [3.05, 3.63) is 81.3 Å². The fraction of sp³-hybridized carbons (Fsp3) is 0.227. The Hall–Kier alpha value is -2.86. The van der Waals surface area contributed by atoms with Crippen molar-refractivity contribution in [1.29, 1.82) is 0 Å². The number of methoxy groups -OCH3 is 2. The molecule has 1 atom stereocenters. The van der Waals surface area contributed by atoms with Gasteiger partial charge in [0, 0.05) is 11.4 Å². The first-order valence-electron chi connectivity index (χ1n) is 8.97. The molecule has 1 aliphatic rings. The summed E-state index contributed by atoms with van der Waals surface area (Å²) in [6.07, 6.45) is 0.664. The molecule has 2 heterocycles. The Morgan fingerprint density at radius 1 is 1.11 bits per heavy atom. The molecule has 3 aromatic rings. The molecule has 1 aromatic heterocycles. The number of halogens is 1. The van der Waals surface area contributed by atoms with E-state index in [-0.39, 0.29) is 17.5 Å². The predicted molar refractivity (Wildman–Crippen MR) is 107 cm³/mol. The van der Waals surface area contributed by atoms with Gasteiger partial charge in [0.1, 0.15) is 5.82 Å². The molecule has 0 bridgehead atoms. The molecule has 6 heteroatoms. The average molecular weight is 397 g/mol. The molecule has 0 saturated heterocycles. The summed E-state index contributed by atoms with van der Waals surface area (Å²) in [5.41, 5.74) is 2.18. The van der Waals surface area contributed by atoms with Crippen LogP contribution in [0.4, 0.5) is 4.39 Å². The van der Waals surface area contributed by atoms with Crippen LogP contribution in [0.3, 0.4) is 0 Å². The van der Waals surface area contributed by atoms with Crippen molar-refractivity contribution in [2.45, 2.75) is 12.5 Å². The monoisotopic (exact) mass is 397 g/mol. The van der Waals surface area contributed by atoms with E-state index < -0.39 is 5.82 Å². The van der Waals surface area contributed by atoms with E-state index in [4.69, 9.17) is 9.47 Å². The summed E-state index contributed by atoms with van der Waals surface area (Å²) >= 11 is 1.58. The fourth-order valence-electron chi connectivity index (χ4n) is 3.71. The van der Waals surface area contributed by atoms with Gasteiger partial charge in [-0.05, 0) is 53.3 Å². The molecule has 28 heavy (non-hydrogen) atoms. The lowest BCUT2D eigenvalue weighted by atomic mass is 9.90. The van der Waals surface area contributed by atoms with Crippen LogP contribution in [0.25, 0.3) is 0 Å². The van der Waals surface area contributed by atoms with Gasteiger partial charge in [-0.15, -0.1) is 11.3 Å². The molecular formula is C22H20FNO3S. The molecule has 0 N–H and O–H groups in total. The molecule has 2 aromatic carbocycles. The zero-order chi connectivity index (χ0) is 19.7. The van der Waals surface area contributed by atoms with Gasteiger partial charge in [-0.25, -0.2) is 4.39 Å². The van der Waals surface area contributed by atoms with E-state index in [1.165, 1.54) is 12.1 Å². The number of fused-ring (bicyclic) bond motifs is 1. The maximum Gasteiger partial charge on any atom is 0.257 e. The average Bonchev–Trinajstić information content (AvgIpc) is 3.26. The third-order valence-corrected chi connectivity index (χ3v) is 5.98. The summed E-state index contributed by atoms with van der Waals surface area (Å²) in [4.78, 5) is 16.0. The largest absolute Gasteiger partial charge is 0.493 e. The first-order valence-corrected chi connectivity index (χ1v) is 9.85. The zero-order valence-corrected chi connectivity index (χ0v) is 16.5. The number of hydrogen-bond donors (Lipinski definition) is 0. The lowest BCUT2D eigenvalue weighted by molar-refractivity contribution is 0.0692. The van der Waals surface area contributed by atoms with Crippen LogP contribution in [0.15, 0.2) is 53.9 Å². The second kappa shape index (κ2) is 7.64. The number of carbonyl (C=O) groups excluding carboxylic acids is 1. The highest BCUT2D eigenvalue weighted by Gasteiger charge is 2.35. The van der Waals surface area contributed by atoms with Crippen LogP contribution >= 0.6 is 11.3 Å². The standard InChI is InChI=1S/C22H20FNO3S/c1-26-18-12-14-9-10-24(22(25)15-6-3-4-7-17(15)23)21(20-8-5-11-28-20)16(14)13-19(18)27-2/h3-8,11-13,21H,9-10H2,1-2H3/t21-/m0/s1. The second-order valence-corrected chi connectivity index (χ2v) is 7.53. The highest BCUT2D eigenvalue weighted by Crippen LogP contribution is 2.42. The van der Waals surface area contributed by atoms with Gasteiger partial charge in [-0.3, -0.25) is 4.79 Å². The Labute approximate surface area is 167 Å². The van der Waals surface area contributed by atoms with Crippen molar-refractivity contribution in [2.75, 3.05) is 20.8 Å². The van der Waals surface area contributed by atoms with Crippen molar-refractivity contribution >= 4 is 17.2 Å². The van der Waals surface area contributed by atoms with Crippen molar-refractivity contribution in [2.24, 2.45) is 0 Å². The van der Waals surface area contributed by atoms with E-state index >= 15 is 0 Å². The summed E-state index contributed by atoms with van der Waals surface area (Å²) in [6.45, 7) is 0.498. The molecule has 0 fully saturated rings. The van der Waals surface area contributed by atoms with E-state index in [0.717, 1.165) is 16.0 Å². The van der Waals surface area contributed by atoms with Gasteiger partial charge in [-0.2, -0.15) is 0 Å². The van der Waals surface area contributed by atoms with Crippen LogP contribution in [0.2, 0.25) is 0 Å². The Balaban J connectivity index is 1.84. The summed E-state index contributed by atoms with van der Waals surface area (Å²) in [6, 6.07) is 13.7. The molecule has 0 unspecified atom stereocenters. The molecule has 0 radical (unpaired) electrons. The van der Waals surface area contributed by atoms with E-state index in [1.54, 1.807) is 42.6 Å². The van der Waals surface area contributed by atoms with Crippen LogP contribution in [0.5, 0.6) is 11.5 Å². The molecule has 1 aliphatic heterocycles. The summed E-state index contributed by atoms with van der Waals surface area (Å²) in [7, 11) is 3.20. The summed E-state index contributed by atoms with van der Waals surface area (Å²) < 4.78 is 25.2. The van der Waals surface area contributed by atoms with Crippen molar-refractivity contribution < 1.29 is 18.7 Å². The van der Waals surface area contributed by atoms with E-state index in [9.17, 15) is 9.18 Å². The summed E-state index contributed by atoms with van der Waals surface area (Å²) in [5.74, 6) is 0.468. The first kappa shape index (κ1) is 18.5. The number of rotatable bonds is 4. The Kier molecular flexibility index (Phi) is 5.05. The van der Waals surface area contributed by atoms with Crippen molar-refractivity contribution in [3.8, 4) is 11.5 Å². The van der Waals surface area contributed by atoms with Gasteiger partial charge in [0.15, 0.2) is 11.5 Å². The minimum Gasteiger partial charge on any atom is -0.493 e. The predicted octanol–water partition coefficient (Wildman–Crippen LogP) is 4.69. The van der Waals surface area contributed by atoms with Crippen LogP contribution < -0.4 is 9.47 Å². The highest BCUT2D eigenvalue weighted by molar-refractivity contribution is 7.10. The van der Waals surface area contributed by atoms with Gasteiger partial charge in [-0.1, -0.05) is 18.2 Å². The van der Waals surface area contributed by atoms with Crippen LogP contribution in [0.1, 0.15) is 32.4 Å². The number of amides is 1. The Morgan fingerprint density at radius 2 is 1.86 bits per heavy atom. The van der Waals surface area contributed by atoms with Crippen LogP contribution in [-0.4, -0.2) is 31.6 Å². The lowest BCUT2D eigenvalue weighted by Gasteiger charge is -2.37. The molecule has 0 spiro atoms. The number of carbonyl (C=O) groups is 1. The van der Waals surface area contributed by atoms with Gasteiger partial charge < -0.3 is 14.4 Å². The number of benzene rings is 2. The number of hydrogen-bond acceptors (Lipinski definition) is 4. The maximum atomic E-state index is 14.3. The van der Waals surface area contributed by atoms with E-state index in [2.05, 4.69) is 0 Å². The van der Waals surface area contributed by atoms with Crippen LogP contribution in [-0.2, 0) is 6.42 Å². The van der Waals surface area contributed by atoms with E-state index in [0.29, 0.717) is 24.5 Å². The molecular weight excluding hydrogens is 377 g/mol. The smallest absolute Gasteiger partial charge is 0.257 e. The number of ether oxygens (including phenoxy) is 2. The molecule has 0 aliphatic carbocycles. The number of thiophene rings is 1. The molecule has 144 valence electrons. The van der Waals surface area contributed by atoms with E-state index in [1.807, 2.05) is 29.6 Å². The molecule has 1 amide bonds. The minimum absolute atomic E-state index is 0.0907. The van der Waals surface area contributed by atoms with Gasteiger partial charge in [0.2, 0.25) is 0 Å². The number of nitrogens with zero attached hydrogens (tertiary/aromatic N) is 1. The van der Waals surface area contributed by atoms with Gasteiger partial charge >= 0.3 is 0 Å². The normalized spacial score (nSPS) is 15.8. The highest BCUT2D eigenvalue weighted by atomic mass is 32.1. The molecule has 4 nitrogen and oxygen atoms in total. The Morgan fingerprint density at radius 3 is 2.54 bits per heavy atom. The second-order valence-electron chi connectivity index (χ2n) is 6.55. The van der Waals surface area contributed by atoms with Gasteiger partial charge in [0.05, 0.1) is 25.8 Å². The quantitative estimate of drug-likeness (QED) is 0.641. The third-order valence-electron chi connectivity index (χ3n) is 5.05. The Bertz CT molecular complexity index is 1000. The van der Waals surface area contributed by atoms with Crippen molar-refractivity contribution in [1.82, 2.24) is 4.90 Å². The van der Waals surface area contributed by atoms with Gasteiger partial charge in [0.25, 0.3) is 5.91 Å². The minimum atomic E-state index is -0.504. The zero-order valence-electron chi connectivity index (χ0n) is 15.6. The maximum absolute atomic E-state index is 14.3. The fourth-order valence-corrected chi connectivity index (χ4v) is 4.56. The first-order chi connectivity index (χ1) is 13.6. The topological polar surface area (TPSA) is 38.8 Å². The lowest BCUT2D eigenvalue weighted by Crippen LogP contribution is -2.40. The van der Waals surface area contributed by atoms with Crippen molar-refractivity contribution in [3.63, 3.8) is 0 Å². The molecule has 4 rings (SSSR count). The molecule has 0 saturated carbocycles. The van der Waals surface area contributed by atoms with Crippen LogP contribution in [0, 0.1) is 5.82 Å².